The zero-order valence-corrected chi connectivity index (χ0v) is 10.9. The minimum absolute atomic E-state index is 0.148. The molecule has 1 nitrogen and oxygen atoms in total. The second-order valence-corrected chi connectivity index (χ2v) is 5.38. The summed E-state index contributed by atoms with van der Waals surface area (Å²) in [6.07, 6.45) is 0.986. The molecule has 1 heterocycles. The lowest BCUT2D eigenvalue weighted by molar-refractivity contribution is 0.219. The van der Waals surface area contributed by atoms with Crippen LogP contribution in [0.5, 0.6) is 0 Å². The van der Waals surface area contributed by atoms with Crippen LogP contribution in [0.4, 0.5) is 4.39 Å². The van der Waals surface area contributed by atoms with Crippen LogP contribution in [0.1, 0.15) is 24.1 Å². The number of fused-ring (bicyclic) bond motifs is 1. The van der Waals surface area contributed by atoms with Gasteiger partial charge in [-0.15, -0.1) is 0 Å². The van der Waals surface area contributed by atoms with Crippen molar-refractivity contribution in [1.82, 2.24) is 4.90 Å². The molecule has 0 N–H and O–H groups in total. The second kappa shape index (κ2) is 4.68. The molecule has 2 rings (SSSR count). The lowest BCUT2D eigenvalue weighted by Crippen LogP contribution is -2.34. The van der Waals surface area contributed by atoms with Crippen molar-refractivity contribution in [3.63, 3.8) is 0 Å². The maximum absolute atomic E-state index is 13.2. The molecule has 3 heteroatoms. The summed E-state index contributed by atoms with van der Waals surface area (Å²) in [5, 5.41) is 0. The summed E-state index contributed by atoms with van der Waals surface area (Å²) in [7, 11) is 0. The highest BCUT2D eigenvalue weighted by molar-refractivity contribution is 9.11. The van der Waals surface area contributed by atoms with E-state index >= 15 is 0 Å². The van der Waals surface area contributed by atoms with Gasteiger partial charge in [-0.25, -0.2) is 4.39 Å². The van der Waals surface area contributed by atoms with Crippen LogP contribution in [-0.4, -0.2) is 18.0 Å². The maximum atomic E-state index is 13.2. The van der Waals surface area contributed by atoms with Gasteiger partial charge in [0.25, 0.3) is 0 Å². The van der Waals surface area contributed by atoms with Crippen LogP contribution >= 0.6 is 15.9 Å². The molecule has 0 bridgehead atoms. The molecular formula is C13H15BrFN. The highest BCUT2D eigenvalue weighted by Crippen LogP contribution is 2.30. The van der Waals surface area contributed by atoms with Crippen molar-refractivity contribution in [1.29, 1.82) is 0 Å². The summed E-state index contributed by atoms with van der Waals surface area (Å²) in [5.41, 5.74) is 2.38. The average molecular weight is 284 g/mol. The molecule has 16 heavy (non-hydrogen) atoms. The van der Waals surface area contributed by atoms with Crippen LogP contribution in [0, 0.1) is 5.82 Å². The second-order valence-electron chi connectivity index (χ2n) is 4.26. The molecule has 0 fully saturated rings. The summed E-state index contributed by atoms with van der Waals surface area (Å²) in [6.45, 7) is 7.80. The Labute approximate surface area is 104 Å². The predicted octanol–water partition coefficient (Wildman–Crippen LogP) is 3.65. The summed E-state index contributed by atoms with van der Waals surface area (Å²) in [5.74, 6) is -0.148. The number of benzene rings is 1. The Balaban J connectivity index is 2.26. The molecule has 0 amide bonds. The molecule has 86 valence electrons. The highest BCUT2D eigenvalue weighted by Gasteiger charge is 2.23. The van der Waals surface area contributed by atoms with E-state index in [1.807, 2.05) is 6.07 Å². The number of halogens is 2. The van der Waals surface area contributed by atoms with Gasteiger partial charge in [-0.1, -0.05) is 28.6 Å². The first kappa shape index (κ1) is 11.8. The molecule has 0 aliphatic carbocycles. The van der Waals surface area contributed by atoms with E-state index in [-0.39, 0.29) is 11.9 Å². The van der Waals surface area contributed by atoms with E-state index in [0.717, 1.165) is 29.6 Å². The van der Waals surface area contributed by atoms with Crippen molar-refractivity contribution in [2.45, 2.75) is 19.4 Å². The number of hydrogen-bond donors (Lipinski definition) is 0. The van der Waals surface area contributed by atoms with Crippen LogP contribution in [0.2, 0.25) is 0 Å². The van der Waals surface area contributed by atoms with Crippen molar-refractivity contribution in [3.8, 4) is 0 Å². The van der Waals surface area contributed by atoms with Gasteiger partial charge in [0, 0.05) is 23.6 Å². The molecule has 0 radical (unpaired) electrons. The fraction of sp³-hybridized carbons (Fsp3) is 0.385. The molecule has 0 aromatic heterocycles. The number of rotatable bonds is 2. The fourth-order valence-corrected chi connectivity index (χ4v) is 2.60. The van der Waals surface area contributed by atoms with E-state index < -0.39 is 0 Å². The van der Waals surface area contributed by atoms with Crippen molar-refractivity contribution in [2.24, 2.45) is 0 Å². The molecule has 1 aliphatic heterocycles. The van der Waals surface area contributed by atoms with Gasteiger partial charge in [-0.3, -0.25) is 4.90 Å². The van der Waals surface area contributed by atoms with E-state index in [2.05, 4.69) is 34.3 Å². The van der Waals surface area contributed by atoms with E-state index in [1.54, 1.807) is 12.1 Å². The summed E-state index contributed by atoms with van der Waals surface area (Å²) < 4.78 is 14.2. The Morgan fingerprint density at radius 1 is 1.62 bits per heavy atom. The van der Waals surface area contributed by atoms with Crippen LogP contribution < -0.4 is 0 Å². The Kier molecular flexibility index (Phi) is 3.45. The Morgan fingerprint density at radius 2 is 2.38 bits per heavy atom. The molecule has 1 aromatic rings. The van der Waals surface area contributed by atoms with Gasteiger partial charge in [-0.05, 0) is 36.6 Å². The van der Waals surface area contributed by atoms with Crippen LogP contribution in [0.15, 0.2) is 29.3 Å². The first-order valence-electron chi connectivity index (χ1n) is 5.43. The molecule has 1 atom stereocenters. The molecule has 1 unspecified atom stereocenters. The smallest absolute Gasteiger partial charge is 0.123 e. The highest BCUT2D eigenvalue weighted by atomic mass is 79.9. The monoisotopic (exact) mass is 283 g/mol. The van der Waals surface area contributed by atoms with Crippen molar-refractivity contribution in [2.75, 3.05) is 13.1 Å². The Bertz CT molecular complexity index is 416. The topological polar surface area (TPSA) is 3.24 Å². The third-order valence-corrected chi connectivity index (χ3v) is 3.40. The van der Waals surface area contributed by atoms with E-state index in [0.29, 0.717) is 0 Å². The molecule has 0 saturated heterocycles. The van der Waals surface area contributed by atoms with E-state index in [1.165, 1.54) is 5.56 Å². The third-order valence-electron chi connectivity index (χ3n) is 3.15. The zero-order chi connectivity index (χ0) is 11.7. The molecule has 0 spiro atoms. The molecule has 1 aliphatic rings. The summed E-state index contributed by atoms with van der Waals surface area (Å²) in [4.78, 5) is 2.30. The first-order valence-corrected chi connectivity index (χ1v) is 6.23. The van der Waals surface area contributed by atoms with Crippen LogP contribution in [-0.2, 0) is 6.42 Å². The molecular weight excluding hydrogens is 269 g/mol. The van der Waals surface area contributed by atoms with Gasteiger partial charge in [0.2, 0.25) is 0 Å². The first-order chi connectivity index (χ1) is 7.58. The fourth-order valence-electron chi connectivity index (χ4n) is 2.27. The number of hydrogen-bond acceptors (Lipinski definition) is 1. The van der Waals surface area contributed by atoms with Gasteiger partial charge in [-0.2, -0.15) is 0 Å². The minimum Gasteiger partial charge on any atom is -0.292 e. The average Bonchev–Trinajstić information content (AvgIpc) is 2.22. The van der Waals surface area contributed by atoms with Crippen molar-refractivity contribution in [3.05, 3.63) is 46.2 Å². The Hall–Kier alpha value is -0.670. The molecule has 1 aromatic carbocycles. The normalized spacial score (nSPS) is 20.6. The van der Waals surface area contributed by atoms with Gasteiger partial charge >= 0.3 is 0 Å². The summed E-state index contributed by atoms with van der Waals surface area (Å²) >= 11 is 3.38. The predicted molar refractivity (Wildman–Crippen MR) is 68.2 cm³/mol. The quantitative estimate of drug-likeness (QED) is 0.801. The van der Waals surface area contributed by atoms with Crippen molar-refractivity contribution < 1.29 is 4.39 Å². The maximum Gasteiger partial charge on any atom is 0.123 e. The lowest BCUT2D eigenvalue weighted by Gasteiger charge is -2.35. The van der Waals surface area contributed by atoms with Gasteiger partial charge in [0.15, 0.2) is 0 Å². The van der Waals surface area contributed by atoms with E-state index in [9.17, 15) is 4.39 Å². The zero-order valence-electron chi connectivity index (χ0n) is 9.34. The minimum atomic E-state index is -0.148. The molecule has 0 saturated carbocycles. The van der Waals surface area contributed by atoms with Gasteiger partial charge < -0.3 is 0 Å². The summed E-state index contributed by atoms with van der Waals surface area (Å²) in [6, 6.07) is 5.36. The lowest BCUT2D eigenvalue weighted by atomic mass is 9.93. The van der Waals surface area contributed by atoms with Gasteiger partial charge in [0.05, 0.1) is 0 Å². The van der Waals surface area contributed by atoms with E-state index in [4.69, 9.17) is 0 Å². The number of nitrogens with zero attached hydrogens (tertiary/aromatic N) is 1. The standard InChI is InChI=1S/C13H15BrFN/c1-9(14)8-16-6-5-11-3-4-12(15)7-13(11)10(16)2/h3-4,7,10H,1,5-6,8H2,2H3. The van der Waals surface area contributed by atoms with Crippen LogP contribution in [0.3, 0.4) is 0 Å². The third kappa shape index (κ3) is 2.36. The van der Waals surface area contributed by atoms with Crippen LogP contribution in [0.25, 0.3) is 0 Å². The largest absolute Gasteiger partial charge is 0.292 e. The Morgan fingerprint density at radius 3 is 3.06 bits per heavy atom. The SMILES string of the molecule is C=C(Br)CN1CCc2ccc(F)cc2C1C. The van der Waals surface area contributed by atoms with Gasteiger partial charge in [0.1, 0.15) is 5.82 Å². The van der Waals surface area contributed by atoms with Crippen molar-refractivity contribution >= 4 is 15.9 Å².